The van der Waals surface area contributed by atoms with Gasteiger partial charge in [0.15, 0.2) is 5.78 Å². The number of carbonyl (C=O) groups is 2. The van der Waals surface area contributed by atoms with Gasteiger partial charge in [-0.1, -0.05) is 30.8 Å². The fourth-order valence-electron chi connectivity index (χ4n) is 3.38. The molecule has 1 aliphatic heterocycles. The molecule has 170 valence electrons. The van der Waals surface area contributed by atoms with Crippen molar-refractivity contribution in [2.75, 3.05) is 23.0 Å². The molecule has 2 heterocycles. The number of nitrogen functional groups attached to an aromatic ring is 1. The quantitative estimate of drug-likeness (QED) is 0.289. The van der Waals surface area contributed by atoms with Crippen molar-refractivity contribution in [3.8, 4) is 5.75 Å². The van der Waals surface area contributed by atoms with E-state index in [2.05, 4.69) is 22.2 Å². The molecule has 0 unspecified atom stereocenters. The van der Waals surface area contributed by atoms with E-state index >= 15 is 0 Å². The highest BCUT2D eigenvalue weighted by Gasteiger charge is 2.11. The van der Waals surface area contributed by atoms with Gasteiger partial charge in [0, 0.05) is 45.8 Å². The molecule has 1 aromatic heterocycles. The normalized spacial score (nSPS) is 11.9. The number of rotatable bonds is 3. The zero-order valence-corrected chi connectivity index (χ0v) is 18.7. The van der Waals surface area contributed by atoms with E-state index < -0.39 is 0 Å². The number of amides is 1. The van der Waals surface area contributed by atoms with Crippen molar-refractivity contribution >= 4 is 39.7 Å². The van der Waals surface area contributed by atoms with E-state index in [1.807, 2.05) is 42.5 Å². The second-order valence-electron chi connectivity index (χ2n) is 7.77. The monoisotopic (exact) mass is 452 g/mol. The third kappa shape index (κ3) is 5.39. The Kier molecular flexibility index (Phi) is 6.54. The lowest BCUT2D eigenvalue weighted by Gasteiger charge is -2.20. The lowest BCUT2D eigenvalue weighted by molar-refractivity contribution is 0.101. The Bertz CT molecular complexity index is 1400. The third-order valence-corrected chi connectivity index (χ3v) is 5.11. The average Bonchev–Trinajstić information content (AvgIpc) is 2.84. The summed E-state index contributed by atoms with van der Waals surface area (Å²) in [5.41, 5.74) is 10.6. The van der Waals surface area contributed by atoms with Gasteiger partial charge in [-0.25, -0.2) is 0 Å². The van der Waals surface area contributed by atoms with Crippen molar-refractivity contribution in [2.24, 2.45) is 0 Å². The molecule has 0 atom stereocenters. The van der Waals surface area contributed by atoms with Crippen LogP contribution >= 0.6 is 0 Å². The van der Waals surface area contributed by atoms with Gasteiger partial charge in [-0.15, -0.1) is 0 Å². The Morgan fingerprint density at radius 1 is 1.03 bits per heavy atom. The second-order valence-corrected chi connectivity index (χ2v) is 7.77. The molecular formula is C27H24N4O3. The predicted molar refractivity (Wildman–Crippen MR) is 135 cm³/mol. The lowest BCUT2D eigenvalue weighted by atomic mass is 10.1. The van der Waals surface area contributed by atoms with E-state index in [-0.39, 0.29) is 11.7 Å². The topological polar surface area (TPSA) is 106 Å². The number of fused-ring (bicyclic) bond motifs is 2. The Labute approximate surface area is 197 Å². The fraction of sp³-hybridized carbons (Fsp3) is 0.0741. The first kappa shape index (κ1) is 22.5. The first-order valence-electron chi connectivity index (χ1n) is 10.6. The number of aromatic nitrogens is 1. The molecule has 4 aromatic rings. The van der Waals surface area contributed by atoms with Crippen molar-refractivity contribution < 1.29 is 14.3 Å². The van der Waals surface area contributed by atoms with Gasteiger partial charge in [0.25, 0.3) is 5.91 Å². The minimum absolute atomic E-state index is 0.0652. The fourth-order valence-corrected chi connectivity index (χ4v) is 3.38. The molecule has 0 spiro atoms. The van der Waals surface area contributed by atoms with Gasteiger partial charge in [0.2, 0.25) is 0 Å². The predicted octanol–water partition coefficient (Wildman–Crippen LogP) is 5.28. The first-order chi connectivity index (χ1) is 16.4. The number of nitrogens with two attached hydrogens (primary N) is 1. The molecule has 34 heavy (non-hydrogen) atoms. The Balaban J connectivity index is 0.000000192. The number of hydrogen-bond donors (Lipinski definition) is 3. The van der Waals surface area contributed by atoms with E-state index in [0.717, 1.165) is 28.0 Å². The second kappa shape index (κ2) is 9.87. The minimum atomic E-state index is -0.251. The molecule has 0 saturated heterocycles. The molecular weight excluding hydrogens is 428 g/mol. The van der Waals surface area contributed by atoms with Crippen LogP contribution in [0.4, 0.5) is 17.1 Å². The van der Waals surface area contributed by atoms with Gasteiger partial charge < -0.3 is 21.1 Å². The number of hydrogen-bond acceptors (Lipinski definition) is 6. The van der Waals surface area contributed by atoms with Crippen LogP contribution in [-0.2, 0) is 0 Å². The van der Waals surface area contributed by atoms with Gasteiger partial charge >= 0.3 is 0 Å². The summed E-state index contributed by atoms with van der Waals surface area (Å²) in [6.45, 7) is 5.76. The molecule has 5 rings (SSSR count). The van der Waals surface area contributed by atoms with Crippen molar-refractivity contribution in [3.63, 3.8) is 0 Å². The van der Waals surface area contributed by atoms with Crippen molar-refractivity contribution in [1.82, 2.24) is 4.98 Å². The number of nitrogens with one attached hydrogen (secondary N) is 2. The standard InChI is InChI=1S/C18H14N2O2.C9H10N2O/c1-12(21)14-4-2-5-15(10-14)18(22)20-16-8-7-13-6-3-9-19-17(13)11-16;1-6-5-12-9-4-7(10)2-3-8(9)11-6/h2-11H,1H3,(H,20,22);2-4,11H,1,5,10H2. The largest absolute Gasteiger partial charge is 0.485 e. The van der Waals surface area contributed by atoms with Gasteiger partial charge in [0.05, 0.1) is 11.2 Å². The van der Waals surface area contributed by atoms with Gasteiger partial charge in [-0.3, -0.25) is 14.6 Å². The van der Waals surface area contributed by atoms with Crippen LogP contribution in [0.1, 0.15) is 27.6 Å². The summed E-state index contributed by atoms with van der Waals surface area (Å²) in [6, 6.07) is 21.6. The number of nitrogens with zero attached hydrogens (tertiary/aromatic N) is 1. The maximum absolute atomic E-state index is 12.3. The van der Waals surface area contributed by atoms with E-state index in [0.29, 0.717) is 29.1 Å². The molecule has 0 saturated carbocycles. The number of benzene rings is 3. The molecule has 0 fully saturated rings. The minimum Gasteiger partial charge on any atom is -0.485 e. The highest BCUT2D eigenvalue weighted by atomic mass is 16.5. The molecule has 1 amide bonds. The lowest BCUT2D eigenvalue weighted by Crippen LogP contribution is -2.15. The summed E-state index contributed by atoms with van der Waals surface area (Å²) in [6.07, 6.45) is 1.71. The van der Waals surface area contributed by atoms with E-state index in [9.17, 15) is 9.59 Å². The zero-order chi connectivity index (χ0) is 24.1. The molecule has 7 nitrogen and oxygen atoms in total. The van der Waals surface area contributed by atoms with E-state index in [1.165, 1.54) is 6.92 Å². The van der Waals surface area contributed by atoms with E-state index in [4.69, 9.17) is 10.5 Å². The summed E-state index contributed by atoms with van der Waals surface area (Å²) in [7, 11) is 0. The average molecular weight is 453 g/mol. The summed E-state index contributed by atoms with van der Waals surface area (Å²) < 4.78 is 5.37. The number of pyridine rings is 1. The highest BCUT2D eigenvalue weighted by molar-refractivity contribution is 6.06. The number of carbonyl (C=O) groups excluding carboxylic acids is 2. The smallest absolute Gasteiger partial charge is 0.255 e. The Morgan fingerprint density at radius 2 is 1.85 bits per heavy atom. The van der Waals surface area contributed by atoms with Crippen LogP contribution in [0.5, 0.6) is 5.75 Å². The number of ether oxygens (including phenoxy) is 1. The van der Waals surface area contributed by atoms with Crippen LogP contribution in [0.2, 0.25) is 0 Å². The SMILES string of the molecule is C=C1COc2cc(N)ccc2N1.CC(=O)c1cccc(C(=O)Nc2ccc3cccnc3c2)c1. The first-order valence-corrected chi connectivity index (χ1v) is 10.6. The van der Waals surface area contributed by atoms with Crippen LogP contribution in [0.3, 0.4) is 0 Å². The summed E-state index contributed by atoms with van der Waals surface area (Å²) in [4.78, 5) is 27.9. The van der Waals surface area contributed by atoms with Crippen molar-refractivity contribution in [3.05, 3.63) is 102 Å². The Morgan fingerprint density at radius 3 is 2.68 bits per heavy atom. The molecule has 0 radical (unpaired) electrons. The number of anilines is 3. The highest BCUT2D eigenvalue weighted by Crippen LogP contribution is 2.31. The maximum atomic E-state index is 12.3. The Hall–Kier alpha value is -4.65. The van der Waals surface area contributed by atoms with Crippen LogP contribution in [-0.4, -0.2) is 23.3 Å². The molecule has 7 heteroatoms. The zero-order valence-electron chi connectivity index (χ0n) is 18.7. The third-order valence-electron chi connectivity index (χ3n) is 5.11. The number of ketones is 1. The summed E-state index contributed by atoms with van der Waals surface area (Å²) in [5, 5.41) is 6.95. The van der Waals surface area contributed by atoms with Crippen LogP contribution in [0.15, 0.2) is 91.3 Å². The van der Waals surface area contributed by atoms with Crippen LogP contribution in [0.25, 0.3) is 10.9 Å². The molecule has 1 aliphatic rings. The molecule has 0 aliphatic carbocycles. The number of Topliss-reactive ketones (excluding diaryl/α,β-unsaturated/α-hetero) is 1. The van der Waals surface area contributed by atoms with Gasteiger partial charge in [0.1, 0.15) is 12.4 Å². The molecule has 4 N–H and O–H groups in total. The van der Waals surface area contributed by atoms with Crippen LogP contribution in [0, 0.1) is 0 Å². The van der Waals surface area contributed by atoms with Crippen molar-refractivity contribution in [2.45, 2.75) is 6.92 Å². The summed E-state index contributed by atoms with van der Waals surface area (Å²) in [5.74, 6) is 0.477. The van der Waals surface area contributed by atoms with Gasteiger partial charge in [-0.05, 0) is 49.4 Å². The van der Waals surface area contributed by atoms with Gasteiger partial charge in [-0.2, -0.15) is 0 Å². The van der Waals surface area contributed by atoms with E-state index in [1.54, 1.807) is 36.5 Å². The molecule has 0 bridgehead atoms. The van der Waals surface area contributed by atoms with Crippen LogP contribution < -0.4 is 21.1 Å². The summed E-state index contributed by atoms with van der Waals surface area (Å²) >= 11 is 0. The maximum Gasteiger partial charge on any atom is 0.255 e. The van der Waals surface area contributed by atoms with Crippen molar-refractivity contribution in [1.29, 1.82) is 0 Å². The molecule has 3 aromatic carbocycles.